The van der Waals surface area contributed by atoms with Crippen LogP contribution in [0.1, 0.15) is 39.2 Å². The predicted molar refractivity (Wildman–Crippen MR) is 68.3 cm³/mol. The van der Waals surface area contributed by atoms with Gasteiger partial charge in [0.25, 0.3) is 0 Å². The van der Waals surface area contributed by atoms with Gasteiger partial charge in [-0.25, -0.2) is 4.39 Å². The summed E-state index contributed by atoms with van der Waals surface area (Å²) in [6, 6.07) is 5.32. The Morgan fingerprint density at radius 1 is 1.19 bits per heavy atom. The lowest BCUT2D eigenvalue weighted by molar-refractivity contribution is 0.527. The molecule has 1 unspecified atom stereocenters. The highest BCUT2D eigenvalue weighted by Crippen LogP contribution is 2.18. The highest BCUT2D eigenvalue weighted by Gasteiger charge is 2.06. The molecule has 0 aliphatic rings. The lowest BCUT2D eigenvalue weighted by Crippen LogP contribution is -2.16. The average molecular weight is 223 g/mol. The van der Waals surface area contributed by atoms with Crippen molar-refractivity contribution in [2.24, 2.45) is 5.92 Å². The van der Waals surface area contributed by atoms with Crippen LogP contribution in [0, 0.1) is 18.7 Å². The summed E-state index contributed by atoms with van der Waals surface area (Å²) in [4.78, 5) is 0. The predicted octanol–water partition coefficient (Wildman–Crippen LogP) is 4.37. The van der Waals surface area contributed by atoms with Gasteiger partial charge < -0.3 is 5.32 Å². The third-order valence-corrected chi connectivity index (χ3v) is 2.77. The van der Waals surface area contributed by atoms with Gasteiger partial charge in [-0.05, 0) is 56.4 Å². The van der Waals surface area contributed by atoms with Crippen molar-refractivity contribution < 1.29 is 4.39 Å². The van der Waals surface area contributed by atoms with Gasteiger partial charge in [-0.15, -0.1) is 0 Å². The molecule has 0 aliphatic carbocycles. The minimum absolute atomic E-state index is 0.169. The van der Waals surface area contributed by atoms with Gasteiger partial charge in [0, 0.05) is 11.7 Å². The van der Waals surface area contributed by atoms with Crippen molar-refractivity contribution >= 4 is 5.69 Å². The molecule has 1 aromatic rings. The highest BCUT2D eigenvalue weighted by atomic mass is 19.1. The number of nitrogens with one attached hydrogen (secondary N) is 1. The summed E-state index contributed by atoms with van der Waals surface area (Å²) in [6.07, 6.45) is 2.36. The summed E-state index contributed by atoms with van der Waals surface area (Å²) in [5.74, 6) is 0.566. The van der Waals surface area contributed by atoms with E-state index in [1.165, 1.54) is 12.5 Å². The first-order valence-corrected chi connectivity index (χ1v) is 6.01. The number of halogens is 1. The summed E-state index contributed by atoms with van der Waals surface area (Å²) >= 11 is 0. The van der Waals surface area contributed by atoms with Crippen molar-refractivity contribution in [3.63, 3.8) is 0 Å². The number of rotatable bonds is 5. The van der Waals surface area contributed by atoms with Crippen molar-refractivity contribution in [1.29, 1.82) is 0 Å². The van der Waals surface area contributed by atoms with Gasteiger partial charge in [-0.2, -0.15) is 0 Å². The van der Waals surface area contributed by atoms with E-state index in [-0.39, 0.29) is 5.82 Å². The Balaban J connectivity index is 2.52. The smallest absolute Gasteiger partial charge is 0.123 e. The van der Waals surface area contributed by atoms with Crippen LogP contribution in [0.4, 0.5) is 10.1 Å². The Bertz CT molecular complexity index is 334. The molecule has 0 radical (unpaired) electrons. The Hall–Kier alpha value is -1.05. The second kappa shape index (κ2) is 5.88. The summed E-state index contributed by atoms with van der Waals surface area (Å²) in [7, 11) is 0. The topological polar surface area (TPSA) is 12.0 Å². The molecule has 0 heterocycles. The van der Waals surface area contributed by atoms with Crippen LogP contribution in [0.2, 0.25) is 0 Å². The maximum absolute atomic E-state index is 12.9. The van der Waals surface area contributed by atoms with Crippen LogP contribution in [0.5, 0.6) is 0 Å². The molecule has 1 atom stereocenters. The van der Waals surface area contributed by atoms with E-state index in [2.05, 4.69) is 26.1 Å². The largest absolute Gasteiger partial charge is 0.382 e. The summed E-state index contributed by atoms with van der Waals surface area (Å²) < 4.78 is 12.9. The fourth-order valence-electron chi connectivity index (χ4n) is 1.71. The molecular formula is C14H22FN. The molecule has 90 valence electrons. The lowest BCUT2D eigenvalue weighted by atomic mass is 10.0. The second-order valence-corrected chi connectivity index (χ2v) is 4.98. The number of anilines is 1. The van der Waals surface area contributed by atoms with Crippen LogP contribution in [-0.4, -0.2) is 6.04 Å². The number of hydrogen-bond donors (Lipinski definition) is 1. The van der Waals surface area contributed by atoms with Crippen molar-refractivity contribution in [2.75, 3.05) is 5.32 Å². The zero-order valence-corrected chi connectivity index (χ0v) is 10.7. The summed E-state index contributed by atoms with van der Waals surface area (Å²) in [6.45, 7) is 8.57. The van der Waals surface area contributed by atoms with Gasteiger partial charge in [0.05, 0.1) is 0 Å². The van der Waals surface area contributed by atoms with Crippen LogP contribution >= 0.6 is 0 Å². The standard InChI is InChI=1S/C14H22FN/c1-10(2)5-6-12(4)16-14-8-7-13(15)9-11(14)3/h7-10,12,16H,5-6H2,1-4H3. The minimum Gasteiger partial charge on any atom is -0.382 e. The quantitative estimate of drug-likeness (QED) is 0.781. The molecule has 1 aromatic carbocycles. The molecule has 0 fully saturated rings. The zero-order valence-electron chi connectivity index (χ0n) is 10.7. The highest BCUT2D eigenvalue weighted by molar-refractivity contribution is 5.51. The first-order valence-electron chi connectivity index (χ1n) is 6.01. The van der Waals surface area contributed by atoms with Crippen LogP contribution in [0.15, 0.2) is 18.2 Å². The summed E-state index contributed by atoms with van der Waals surface area (Å²) in [5, 5.41) is 3.43. The van der Waals surface area contributed by atoms with E-state index in [1.54, 1.807) is 6.07 Å². The van der Waals surface area contributed by atoms with Crippen LogP contribution in [0.3, 0.4) is 0 Å². The van der Waals surface area contributed by atoms with Gasteiger partial charge in [0.15, 0.2) is 0 Å². The molecule has 2 heteroatoms. The van der Waals surface area contributed by atoms with E-state index in [0.717, 1.165) is 23.6 Å². The Morgan fingerprint density at radius 2 is 1.88 bits per heavy atom. The number of hydrogen-bond acceptors (Lipinski definition) is 1. The van der Waals surface area contributed by atoms with Crippen LogP contribution in [-0.2, 0) is 0 Å². The molecule has 0 bridgehead atoms. The third kappa shape index (κ3) is 4.21. The number of aryl methyl sites for hydroxylation is 1. The Labute approximate surface area is 98.1 Å². The van der Waals surface area contributed by atoms with Crippen LogP contribution in [0.25, 0.3) is 0 Å². The zero-order chi connectivity index (χ0) is 12.1. The van der Waals surface area contributed by atoms with E-state index < -0.39 is 0 Å². The first-order chi connectivity index (χ1) is 7.49. The first kappa shape index (κ1) is 13.0. The molecular weight excluding hydrogens is 201 g/mol. The average Bonchev–Trinajstić information content (AvgIpc) is 2.19. The maximum Gasteiger partial charge on any atom is 0.123 e. The molecule has 0 saturated heterocycles. The van der Waals surface area contributed by atoms with Crippen molar-refractivity contribution in [3.8, 4) is 0 Å². The maximum atomic E-state index is 12.9. The minimum atomic E-state index is -0.169. The Kier molecular flexibility index (Phi) is 4.78. The monoisotopic (exact) mass is 223 g/mol. The molecule has 1 nitrogen and oxygen atoms in total. The van der Waals surface area contributed by atoms with Gasteiger partial charge in [0.2, 0.25) is 0 Å². The fourth-order valence-corrected chi connectivity index (χ4v) is 1.71. The normalized spacial score (nSPS) is 12.9. The van der Waals surface area contributed by atoms with Crippen LogP contribution < -0.4 is 5.32 Å². The van der Waals surface area contributed by atoms with E-state index in [9.17, 15) is 4.39 Å². The SMILES string of the molecule is Cc1cc(F)ccc1NC(C)CCC(C)C. The molecule has 0 aliphatic heterocycles. The molecule has 0 spiro atoms. The molecule has 0 saturated carbocycles. The van der Waals surface area contributed by atoms with Gasteiger partial charge in [-0.1, -0.05) is 13.8 Å². The van der Waals surface area contributed by atoms with Gasteiger partial charge in [-0.3, -0.25) is 0 Å². The Morgan fingerprint density at radius 3 is 2.44 bits per heavy atom. The van der Waals surface area contributed by atoms with E-state index in [4.69, 9.17) is 0 Å². The number of benzene rings is 1. The molecule has 0 amide bonds. The lowest BCUT2D eigenvalue weighted by Gasteiger charge is -2.17. The van der Waals surface area contributed by atoms with E-state index >= 15 is 0 Å². The van der Waals surface area contributed by atoms with Gasteiger partial charge in [0.1, 0.15) is 5.82 Å². The van der Waals surface area contributed by atoms with Crippen molar-refractivity contribution in [1.82, 2.24) is 0 Å². The molecule has 16 heavy (non-hydrogen) atoms. The second-order valence-electron chi connectivity index (χ2n) is 4.98. The molecule has 0 aromatic heterocycles. The van der Waals surface area contributed by atoms with Crippen molar-refractivity contribution in [2.45, 2.75) is 46.6 Å². The summed E-state index contributed by atoms with van der Waals surface area (Å²) in [5.41, 5.74) is 2.01. The van der Waals surface area contributed by atoms with Crippen molar-refractivity contribution in [3.05, 3.63) is 29.6 Å². The fraction of sp³-hybridized carbons (Fsp3) is 0.571. The van der Waals surface area contributed by atoms with E-state index in [1.807, 2.05) is 13.0 Å². The van der Waals surface area contributed by atoms with E-state index in [0.29, 0.717) is 6.04 Å². The molecule has 1 N–H and O–H groups in total. The van der Waals surface area contributed by atoms with Gasteiger partial charge >= 0.3 is 0 Å². The third-order valence-electron chi connectivity index (χ3n) is 2.77. The molecule has 1 rings (SSSR count).